The van der Waals surface area contributed by atoms with Crippen LogP contribution in [-0.4, -0.2) is 47.1 Å². The molecule has 5 heteroatoms. The van der Waals surface area contributed by atoms with Crippen molar-refractivity contribution in [1.82, 2.24) is 10.2 Å². The fourth-order valence-electron chi connectivity index (χ4n) is 2.91. The molecule has 132 valence electrons. The first kappa shape index (κ1) is 18.5. The van der Waals surface area contributed by atoms with Gasteiger partial charge in [0.05, 0.1) is 12.5 Å². The Morgan fingerprint density at radius 1 is 1.25 bits per heavy atom. The highest BCUT2D eigenvalue weighted by Gasteiger charge is 2.26. The number of aliphatic hydroxyl groups is 1. The summed E-state index contributed by atoms with van der Waals surface area (Å²) in [6.45, 7) is 7.00. The molecule has 1 atom stereocenters. The van der Waals surface area contributed by atoms with Crippen LogP contribution < -0.4 is 5.32 Å². The van der Waals surface area contributed by atoms with Crippen molar-refractivity contribution in [3.05, 3.63) is 35.4 Å². The van der Waals surface area contributed by atoms with E-state index in [0.29, 0.717) is 18.7 Å². The Bertz CT molecular complexity index is 578. The van der Waals surface area contributed by atoms with Gasteiger partial charge in [0.15, 0.2) is 0 Å². The van der Waals surface area contributed by atoms with Gasteiger partial charge < -0.3 is 15.3 Å². The maximum atomic E-state index is 12.3. The smallest absolute Gasteiger partial charge is 0.251 e. The fourth-order valence-corrected chi connectivity index (χ4v) is 2.91. The molecule has 2 N–H and O–H groups in total. The van der Waals surface area contributed by atoms with Crippen LogP contribution in [0.2, 0.25) is 0 Å². The molecular formula is C19H28N2O3. The topological polar surface area (TPSA) is 69.6 Å². The van der Waals surface area contributed by atoms with Crippen LogP contribution >= 0.6 is 0 Å². The lowest BCUT2D eigenvalue weighted by Gasteiger charge is -2.33. The predicted molar refractivity (Wildman–Crippen MR) is 93.7 cm³/mol. The van der Waals surface area contributed by atoms with Gasteiger partial charge in [-0.1, -0.05) is 32.0 Å². The zero-order valence-electron chi connectivity index (χ0n) is 14.8. The minimum absolute atomic E-state index is 0.000111. The lowest BCUT2D eigenvalue weighted by Crippen LogP contribution is -2.47. The number of hydrogen-bond donors (Lipinski definition) is 2. The molecule has 5 nitrogen and oxygen atoms in total. The quantitative estimate of drug-likeness (QED) is 0.868. The Labute approximate surface area is 144 Å². The summed E-state index contributed by atoms with van der Waals surface area (Å²) in [5.41, 5.74) is 1.67. The van der Waals surface area contributed by atoms with Crippen LogP contribution in [0.25, 0.3) is 0 Å². The van der Waals surface area contributed by atoms with Crippen molar-refractivity contribution in [1.29, 1.82) is 0 Å². The summed E-state index contributed by atoms with van der Waals surface area (Å²) in [5.74, 6) is 0.0351. The molecule has 0 saturated carbocycles. The van der Waals surface area contributed by atoms with Gasteiger partial charge in [-0.3, -0.25) is 9.59 Å². The molecule has 1 saturated heterocycles. The van der Waals surface area contributed by atoms with Gasteiger partial charge in [-0.15, -0.1) is 0 Å². The lowest BCUT2D eigenvalue weighted by atomic mass is 10.0. The van der Waals surface area contributed by atoms with Crippen molar-refractivity contribution in [2.45, 2.75) is 52.2 Å². The van der Waals surface area contributed by atoms with E-state index in [4.69, 9.17) is 0 Å². The average Bonchev–Trinajstić information content (AvgIpc) is 2.55. The van der Waals surface area contributed by atoms with Gasteiger partial charge in [-0.05, 0) is 37.3 Å². The van der Waals surface area contributed by atoms with Gasteiger partial charge in [0, 0.05) is 24.7 Å². The predicted octanol–water partition coefficient (Wildman–Crippen LogP) is 2.12. The minimum Gasteiger partial charge on any atom is -0.392 e. The largest absolute Gasteiger partial charge is 0.392 e. The van der Waals surface area contributed by atoms with Crippen LogP contribution in [0, 0.1) is 12.8 Å². The maximum Gasteiger partial charge on any atom is 0.251 e. The Hall–Kier alpha value is -1.88. The van der Waals surface area contributed by atoms with E-state index in [0.717, 1.165) is 18.4 Å². The maximum absolute atomic E-state index is 12.3. The highest BCUT2D eigenvalue weighted by atomic mass is 16.3. The number of likely N-dealkylation sites (tertiary alicyclic amines) is 1. The van der Waals surface area contributed by atoms with Crippen molar-refractivity contribution in [3.8, 4) is 0 Å². The number of amides is 2. The van der Waals surface area contributed by atoms with Gasteiger partial charge in [-0.25, -0.2) is 0 Å². The van der Waals surface area contributed by atoms with Crippen LogP contribution in [0.3, 0.4) is 0 Å². The van der Waals surface area contributed by atoms with Gasteiger partial charge in [0.1, 0.15) is 0 Å². The SMILES string of the molecule is Cc1ccccc1C(=O)NC1CCN(C(=O)CC(O)C(C)C)CC1. The van der Waals surface area contributed by atoms with Crippen LogP contribution in [0.15, 0.2) is 24.3 Å². The Balaban J connectivity index is 1.82. The standard InChI is InChI=1S/C19H28N2O3/c1-13(2)17(22)12-18(23)21-10-8-15(9-11-21)20-19(24)16-7-5-4-6-14(16)3/h4-7,13,15,17,22H,8-12H2,1-3H3,(H,20,24). The Morgan fingerprint density at radius 3 is 2.46 bits per heavy atom. The number of benzene rings is 1. The third-order valence-corrected chi connectivity index (χ3v) is 4.73. The van der Waals surface area contributed by atoms with E-state index >= 15 is 0 Å². The molecular weight excluding hydrogens is 304 g/mol. The van der Waals surface area contributed by atoms with E-state index < -0.39 is 6.10 Å². The van der Waals surface area contributed by atoms with E-state index in [1.54, 1.807) is 4.90 Å². The van der Waals surface area contributed by atoms with Crippen molar-refractivity contribution in [2.24, 2.45) is 5.92 Å². The molecule has 1 aliphatic heterocycles. The van der Waals surface area contributed by atoms with Crippen molar-refractivity contribution in [2.75, 3.05) is 13.1 Å². The van der Waals surface area contributed by atoms with Crippen LogP contribution in [0.4, 0.5) is 0 Å². The van der Waals surface area contributed by atoms with E-state index in [-0.39, 0.29) is 30.2 Å². The van der Waals surface area contributed by atoms with E-state index in [9.17, 15) is 14.7 Å². The highest BCUT2D eigenvalue weighted by Crippen LogP contribution is 2.15. The molecule has 1 aliphatic rings. The molecule has 1 heterocycles. The Kier molecular flexibility index (Phi) is 6.37. The fraction of sp³-hybridized carbons (Fsp3) is 0.579. The molecule has 1 unspecified atom stereocenters. The molecule has 2 rings (SSSR count). The first-order chi connectivity index (χ1) is 11.4. The number of nitrogens with zero attached hydrogens (tertiary/aromatic N) is 1. The third kappa shape index (κ3) is 4.81. The van der Waals surface area contributed by atoms with Gasteiger partial charge in [-0.2, -0.15) is 0 Å². The number of carbonyl (C=O) groups excluding carboxylic acids is 2. The summed E-state index contributed by atoms with van der Waals surface area (Å²) in [7, 11) is 0. The molecule has 2 amide bonds. The van der Waals surface area contributed by atoms with Crippen LogP contribution in [0.1, 0.15) is 49.0 Å². The number of hydrogen-bond acceptors (Lipinski definition) is 3. The van der Waals surface area contributed by atoms with E-state index in [2.05, 4.69) is 5.32 Å². The molecule has 0 spiro atoms. The molecule has 0 aliphatic carbocycles. The summed E-state index contributed by atoms with van der Waals surface area (Å²) in [4.78, 5) is 26.3. The van der Waals surface area contributed by atoms with Gasteiger partial charge in [0.25, 0.3) is 5.91 Å². The second-order valence-corrected chi connectivity index (χ2v) is 6.96. The molecule has 1 aromatic carbocycles. The molecule has 0 radical (unpaired) electrons. The van der Waals surface area contributed by atoms with Crippen molar-refractivity contribution in [3.63, 3.8) is 0 Å². The average molecular weight is 332 g/mol. The zero-order chi connectivity index (χ0) is 17.7. The number of nitrogens with one attached hydrogen (secondary N) is 1. The van der Waals surface area contributed by atoms with E-state index in [1.807, 2.05) is 45.0 Å². The minimum atomic E-state index is -0.587. The third-order valence-electron chi connectivity index (χ3n) is 4.73. The van der Waals surface area contributed by atoms with Gasteiger partial charge in [0.2, 0.25) is 5.91 Å². The number of rotatable bonds is 5. The number of aliphatic hydroxyl groups excluding tert-OH is 1. The summed E-state index contributed by atoms with van der Waals surface area (Å²) in [5, 5.41) is 12.9. The second-order valence-electron chi connectivity index (χ2n) is 6.96. The molecule has 1 aromatic rings. The number of aryl methyl sites for hydroxylation is 1. The highest BCUT2D eigenvalue weighted by molar-refractivity contribution is 5.95. The van der Waals surface area contributed by atoms with Crippen LogP contribution in [-0.2, 0) is 4.79 Å². The van der Waals surface area contributed by atoms with Crippen molar-refractivity contribution < 1.29 is 14.7 Å². The summed E-state index contributed by atoms with van der Waals surface area (Å²) >= 11 is 0. The van der Waals surface area contributed by atoms with E-state index in [1.165, 1.54) is 0 Å². The van der Waals surface area contributed by atoms with Gasteiger partial charge >= 0.3 is 0 Å². The molecule has 24 heavy (non-hydrogen) atoms. The summed E-state index contributed by atoms with van der Waals surface area (Å²) < 4.78 is 0. The first-order valence-corrected chi connectivity index (χ1v) is 8.70. The Morgan fingerprint density at radius 2 is 1.88 bits per heavy atom. The lowest BCUT2D eigenvalue weighted by molar-refractivity contribution is -0.134. The molecule has 1 fully saturated rings. The monoisotopic (exact) mass is 332 g/mol. The van der Waals surface area contributed by atoms with Crippen molar-refractivity contribution >= 4 is 11.8 Å². The normalized spacial score (nSPS) is 17.0. The zero-order valence-corrected chi connectivity index (χ0v) is 14.8. The van der Waals surface area contributed by atoms with Crippen LogP contribution in [0.5, 0.6) is 0 Å². The second kappa shape index (κ2) is 8.29. The summed E-state index contributed by atoms with van der Waals surface area (Å²) in [6, 6.07) is 7.63. The number of piperidine rings is 1. The molecule has 0 bridgehead atoms. The molecule has 0 aromatic heterocycles. The number of carbonyl (C=O) groups is 2. The first-order valence-electron chi connectivity index (χ1n) is 8.70. The summed E-state index contributed by atoms with van der Waals surface area (Å²) in [6.07, 6.45) is 1.09.